The lowest BCUT2D eigenvalue weighted by Crippen LogP contribution is -2.37. The summed E-state index contributed by atoms with van der Waals surface area (Å²) < 4.78 is 0. The lowest BCUT2D eigenvalue weighted by molar-refractivity contribution is -0.114. The quantitative estimate of drug-likeness (QED) is 0.443. The minimum Gasteiger partial charge on any atom is -0.376 e. The molecule has 1 aliphatic rings. The SMILES string of the molecule is CCN(C(=O)c1cccc(NC(=O)CNc2ccc(C(=O)N3CCC(C)CC3)cc2)c1)c1ccccc1. The van der Waals surface area contributed by atoms with Gasteiger partial charge in [-0.15, -0.1) is 0 Å². The van der Waals surface area contributed by atoms with Crippen molar-refractivity contribution in [2.45, 2.75) is 26.7 Å². The highest BCUT2D eigenvalue weighted by molar-refractivity contribution is 6.07. The molecule has 4 rings (SSSR count). The van der Waals surface area contributed by atoms with Crippen LogP contribution < -0.4 is 15.5 Å². The van der Waals surface area contributed by atoms with Crippen LogP contribution in [0.5, 0.6) is 0 Å². The van der Waals surface area contributed by atoms with Gasteiger partial charge in [-0.1, -0.05) is 31.2 Å². The summed E-state index contributed by atoms with van der Waals surface area (Å²) in [5.41, 5.74) is 3.29. The Hall–Kier alpha value is -4.13. The number of para-hydroxylation sites is 1. The standard InChI is InChI=1S/C30H34N4O3/c1-3-34(27-10-5-4-6-11-27)30(37)24-8-7-9-26(20-24)32-28(35)21-31-25-14-12-23(13-15-25)29(36)33-18-16-22(2)17-19-33/h4-15,20,22,31H,3,16-19,21H2,1-2H3,(H,32,35). The number of hydrogen-bond donors (Lipinski definition) is 2. The molecular weight excluding hydrogens is 464 g/mol. The van der Waals surface area contributed by atoms with Crippen molar-refractivity contribution in [3.8, 4) is 0 Å². The summed E-state index contributed by atoms with van der Waals surface area (Å²) in [4.78, 5) is 42.0. The van der Waals surface area contributed by atoms with Crippen molar-refractivity contribution in [2.24, 2.45) is 5.92 Å². The van der Waals surface area contributed by atoms with E-state index in [-0.39, 0.29) is 24.3 Å². The molecule has 7 nitrogen and oxygen atoms in total. The molecule has 1 aliphatic heterocycles. The van der Waals surface area contributed by atoms with Gasteiger partial charge in [0.05, 0.1) is 6.54 Å². The predicted molar refractivity (Wildman–Crippen MR) is 148 cm³/mol. The molecular formula is C30H34N4O3. The Kier molecular flexibility index (Phi) is 8.56. The molecule has 0 radical (unpaired) electrons. The largest absolute Gasteiger partial charge is 0.376 e. The number of nitrogens with one attached hydrogen (secondary N) is 2. The number of anilines is 3. The van der Waals surface area contributed by atoms with Crippen LogP contribution in [0.4, 0.5) is 17.1 Å². The average molecular weight is 499 g/mol. The minimum atomic E-state index is -0.234. The fraction of sp³-hybridized carbons (Fsp3) is 0.300. The van der Waals surface area contributed by atoms with Gasteiger partial charge >= 0.3 is 0 Å². The first kappa shape index (κ1) is 25.9. The summed E-state index contributed by atoms with van der Waals surface area (Å²) in [6.45, 7) is 6.34. The van der Waals surface area contributed by atoms with E-state index < -0.39 is 0 Å². The van der Waals surface area contributed by atoms with Gasteiger partial charge in [-0.25, -0.2) is 0 Å². The molecule has 1 heterocycles. The van der Waals surface area contributed by atoms with Crippen LogP contribution in [0.25, 0.3) is 0 Å². The number of likely N-dealkylation sites (tertiary alicyclic amines) is 1. The number of hydrogen-bond acceptors (Lipinski definition) is 4. The summed E-state index contributed by atoms with van der Waals surface area (Å²) in [5.74, 6) is 0.365. The number of rotatable bonds is 8. The molecule has 1 saturated heterocycles. The van der Waals surface area contributed by atoms with Crippen molar-refractivity contribution in [3.05, 3.63) is 90.0 Å². The zero-order chi connectivity index (χ0) is 26.2. The normalized spacial score (nSPS) is 13.6. The van der Waals surface area contributed by atoms with Crippen molar-refractivity contribution in [2.75, 3.05) is 41.7 Å². The van der Waals surface area contributed by atoms with E-state index in [1.807, 2.05) is 54.3 Å². The Balaban J connectivity index is 1.31. The van der Waals surface area contributed by atoms with Gasteiger partial charge in [0.15, 0.2) is 0 Å². The molecule has 0 unspecified atom stereocenters. The van der Waals surface area contributed by atoms with Gasteiger partial charge in [0.25, 0.3) is 11.8 Å². The van der Waals surface area contributed by atoms with Crippen LogP contribution in [-0.2, 0) is 4.79 Å². The van der Waals surface area contributed by atoms with Gasteiger partial charge in [-0.3, -0.25) is 14.4 Å². The van der Waals surface area contributed by atoms with Crippen molar-refractivity contribution in [3.63, 3.8) is 0 Å². The maximum atomic E-state index is 13.1. The molecule has 0 bridgehead atoms. The van der Waals surface area contributed by atoms with E-state index in [4.69, 9.17) is 0 Å². The smallest absolute Gasteiger partial charge is 0.258 e. The molecule has 0 aliphatic carbocycles. The van der Waals surface area contributed by atoms with Crippen molar-refractivity contribution >= 4 is 34.8 Å². The molecule has 0 aromatic heterocycles. The molecule has 3 aromatic carbocycles. The first-order chi connectivity index (χ1) is 17.9. The third-order valence-electron chi connectivity index (χ3n) is 6.68. The summed E-state index contributed by atoms with van der Waals surface area (Å²) in [5, 5.41) is 5.94. The van der Waals surface area contributed by atoms with E-state index in [2.05, 4.69) is 17.6 Å². The second-order valence-electron chi connectivity index (χ2n) is 9.42. The third-order valence-corrected chi connectivity index (χ3v) is 6.68. The van der Waals surface area contributed by atoms with Crippen LogP contribution in [0.1, 0.15) is 47.4 Å². The van der Waals surface area contributed by atoms with Gasteiger partial charge in [0.2, 0.25) is 5.91 Å². The van der Waals surface area contributed by atoms with E-state index in [9.17, 15) is 14.4 Å². The zero-order valence-electron chi connectivity index (χ0n) is 21.4. The highest BCUT2D eigenvalue weighted by Crippen LogP contribution is 2.20. The molecule has 0 atom stereocenters. The summed E-state index contributed by atoms with van der Waals surface area (Å²) in [6.07, 6.45) is 2.09. The Morgan fingerprint density at radius 2 is 1.57 bits per heavy atom. The molecule has 3 aromatic rings. The first-order valence-corrected chi connectivity index (χ1v) is 12.8. The predicted octanol–water partition coefficient (Wildman–Crippen LogP) is 5.28. The van der Waals surface area contributed by atoms with Gasteiger partial charge in [0, 0.05) is 47.8 Å². The molecule has 1 fully saturated rings. The average Bonchev–Trinajstić information content (AvgIpc) is 2.93. The maximum absolute atomic E-state index is 13.1. The Bertz CT molecular complexity index is 1220. The summed E-state index contributed by atoms with van der Waals surface area (Å²) >= 11 is 0. The van der Waals surface area contributed by atoms with E-state index in [0.717, 1.165) is 37.3 Å². The number of nitrogens with zero attached hydrogens (tertiary/aromatic N) is 2. The number of carbonyl (C=O) groups excluding carboxylic acids is 3. The maximum Gasteiger partial charge on any atom is 0.258 e. The lowest BCUT2D eigenvalue weighted by atomic mass is 9.98. The fourth-order valence-corrected chi connectivity index (χ4v) is 4.45. The minimum absolute atomic E-state index is 0.0551. The highest BCUT2D eigenvalue weighted by Gasteiger charge is 2.21. The van der Waals surface area contributed by atoms with Gasteiger partial charge in [-0.05, 0) is 80.3 Å². The Labute approximate surface area is 218 Å². The topological polar surface area (TPSA) is 81.8 Å². The Morgan fingerprint density at radius 3 is 2.24 bits per heavy atom. The molecule has 37 heavy (non-hydrogen) atoms. The summed E-state index contributed by atoms with van der Waals surface area (Å²) in [6, 6.07) is 23.7. The molecule has 7 heteroatoms. The van der Waals surface area contributed by atoms with Crippen LogP contribution in [0, 0.1) is 5.92 Å². The fourth-order valence-electron chi connectivity index (χ4n) is 4.45. The van der Waals surface area contributed by atoms with Gasteiger partial charge in [0.1, 0.15) is 0 Å². The van der Waals surface area contributed by atoms with Gasteiger partial charge in [-0.2, -0.15) is 0 Å². The van der Waals surface area contributed by atoms with Crippen molar-refractivity contribution < 1.29 is 14.4 Å². The lowest BCUT2D eigenvalue weighted by Gasteiger charge is -2.30. The highest BCUT2D eigenvalue weighted by atomic mass is 16.2. The van der Waals surface area contributed by atoms with Crippen molar-refractivity contribution in [1.29, 1.82) is 0 Å². The first-order valence-electron chi connectivity index (χ1n) is 12.8. The second kappa shape index (κ2) is 12.2. The van der Waals surface area contributed by atoms with E-state index >= 15 is 0 Å². The number of carbonyl (C=O) groups is 3. The number of benzene rings is 3. The van der Waals surface area contributed by atoms with E-state index in [0.29, 0.717) is 29.3 Å². The molecule has 2 N–H and O–H groups in total. The second-order valence-corrected chi connectivity index (χ2v) is 9.42. The molecule has 3 amide bonds. The monoisotopic (exact) mass is 498 g/mol. The molecule has 0 saturated carbocycles. The number of piperidine rings is 1. The van der Waals surface area contributed by atoms with Crippen LogP contribution in [0.3, 0.4) is 0 Å². The summed E-state index contributed by atoms with van der Waals surface area (Å²) in [7, 11) is 0. The van der Waals surface area contributed by atoms with Crippen LogP contribution in [0.2, 0.25) is 0 Å². The molecule has 0 spiro atoms. The van der Waals surface area contributed by atoms with Crippen LogP contribution in [-0.4, -0.2) is 48.8 Å². The third kappa shape index (κ3) is 6.76. The van der Waals surface area contributed by atoms with Crippen LogP contribution in [0.15, 0.2) is 78.9 Å². The van der Waals surface area contributed by atoms with Crippen LogP contribution >= 0.6 is 0 Å². The Morgan fingerprint density at radius 1 is 0.865 bits per heavy atom. The van der Waals surface area contributed by atoms with E-state index in [1.54, 1.807) is 41.3 Å². The number of amides is 3. The molecule has 192 valence electrons. The van der Waals surface area contributed by atoms with Crippen molar-refractivity contribution in [1.82, 2.24) is 4.90 Å². The van der Waals surface area contributed by atoms with Gasteiger partial charge < -0.3 is 20.4 Å². The zero-order valence-corrected chi connectivity index (χ0v) is 21.4. The van der Waals surface area contributed by atoms with E-state index in [1.165, 1.54) is 0 Å².